The monoisotopic (exact) mass is 268 g/mol. The van der Waals surface area contributed by atoms with E-state index in [4.69, 9.17) is 0 Å². The molecular weight excluding hydrogens is 252 g/mol. The first-order valence-electron chi connectivity index (χ1n) is 6.12. The van der Waals surface area contributed by atoms with Gasteiger partial charge in [-0.15, -0.1) is 0 Å². The molecule has 0 aromatic heterocycles. The van der Waals surface area contributed by atoms with Crippen LogP contribution in [-0.2, 0) is 4.79 Å². The van der Waals surface area contributed by atoms with E-state index in [1.807, 2.05) is 5.32 Å². The highest BCUT2D eigenvalue weighted by molar-refractivity contribution is 5.84. The van der Waals surface area contributed by atoms with Crippen LogP contribution in [0.2, 0.25) is 0 Å². The molecule has 7 heteroatoms. The third kappa shape index (κ3) is 2.93. The van der Waals surface area contributed by atoms with Crippen LogP contribution in [0.3, 0.4) is 0 Å². The summed E-state index contributed by atoms with van der Waals surface area (Å²) < 4.78 is 49.4. The van der Waals surface area contributed by atoms with Gasteiger partial charge < -0.3 is 10.2 Å². The molecule has 3 nitrogen and oxygen atoms in total. The summed E-state index contributed by atoms with van der Waals surface area (Å²) in [6.45, 7) is 1.46. The van der Waals surface area contributed by atoms with Gasteiger partial charge in [0.15, 0.2) is 0 Å². The molecule has 18 heavy (non-hydrogen) atoms. The van der Waals surface area contributed by atoms with Crippen LogP contribution >= 0.6 is 0 Å². The number of alkyl halides is 4. The molecule has 1 saturated heterocycles. The van der Waals surface area contributed by atoms with E-state index in [9.17, 15) is 22.4 Å². The van der Waals surface area contributed by atoms with Crippen LogP contribution < -0.4 is 5.32 Å². The van der Waals surface area contributed by atoms with E-state index in [1.54, 1.807) is 0 Å². The number of piperidine rings is 1. The van der Waals surface area contributed by atoms with Crippen LogP contribution in [0.1, 0.15) is 25.7 Å². The summed E-state index contributed by atoms with van der Waals surface area (Å²) in [6.07, 6.45) is -0.534. The van der Waals surface area contributed by atoms with Crippen molar-refractivity contribution in [2.45, 2.75) is 50.1 Å². The number of nitrogens with one attached hydrogen (secondary N) is 1. The van der Waals surface area contributed by atoms with Gasteiger partial charge in [-0.25, -0.2) is 8.78 Å². The zero-order valence-electron chi connectivity index (χ0n) is 9.84. The van der Waals surface area contributed by atoms with E-state index in [0.29, 0.717) is 18.9 Å². The number of likely N-dealkylation sites (tertiary alicyclic amines) is 1. The Morgan fingerprint density at radius 1 is 1.17 bits per heavy atom. The Balaban J connectivity index is 1.78. The van der Waals surface area contributed by atoms with Crippen molar-refractivity contribution < 1.29 is 22.4 Å². The molecule has 1 heterocycles. The van der Waals surface area contributed by atoms with Gasteiger partial charge in [0.25, 0.3) is 5.91 Å². The van der Waals surface area contributed by atoms with Gasteiger partial charge in [-0.05, 0) is 25.7 Å². The maximum atomic E-state index is 12.7. The van der Waals surface area contributed by atoms with Crippen LogP contribution in [0.5, 0.6) is 0 Å². The minimum atomic E-state index is -4.59. The highest BCUT2D eigenvalue weighted by atomic mass is 19.3. The summed E-state index contributed by atoms with van der Waals surface area (Å²) in [5.74, 6) is -6.45. The fourth-order valence-corrected chi connectivity index (χ4v) is 2.23. The SMILES string of the molecule is O=C(NC1CCN(C2CC2)CC1)C(F)(F)C(F)F. The molecule has 0 bridgehead atoms. The fraction of sp³-hybridized carbons (Fsp3) is 0.909. The van der Waals surface area contributed by atoms with Crippen LogP contribution in [0.15, 0.2) is 0 Å². The number of hydrogen-bond acceptors (Lipinski definition) is 2. The zero-order valence-corrected chi connectivity index (χ0v) is 9.84. The maximum absolute atomic E-state index is 12.7. The Kier molecular flexibility index (Phi) is 3.79. The van der Waals surface area contributed by atoms with Gasteiger partial charge in [-0.2, -0.15) is 8.78 Å². The first-order valence-corrected chi connectivity index (χ1v) is 6.12. The van der Waals surface area contributed by atoms with Crippen LogP contribution in [0, 0.1) is 0 Å². The van der Waals surface area contributed by atoms with E-state index < -0.39 is 24.3 Å². The predicted molar refractivity (Wildman–Crippen MR) is 56.7 cm³/mol. The molecule has 2 rings (SSSR count). The normalized spacial score (nSPS) is 23.4. The lowest BCUT2D eigenvalue weighted by molar-refractivity contribution is -0.170. The Bertz CT molecular complexity index is 312. The summed E-state index contributed by atoms with van der Waals surface area (Å²) in [6, 6.07) is 0.182. The number of halogens is 4. The average Bonchev–Trinajstić information content (AvgIpc) is 3.13. The summed E-state index contributed by atoms with van der Waals surface area (Å²) in [5, 5.41) is 2.02. The van der Waals surface area contributed by atoms with Crippen molar-refractivity contribution in [2.24, 2.45) is 0 Å². The summed E-state index contributed by atoms with van der Waals surface area (Å²) in [4.78, 5) is 13.3. The third-order valence-corrected chi connectivity index (χ3v) is 3.50. The van der Waals surface area contributed by atoms with E-state index >= 15 is 0 Å². The minimum absolute atomic E-state index is 0.419. The van der Waals surface area contributed by atoms with Crippen LogP contribution in [-0.4, -0.2) is 48.3 Å². The molecule has 1 amide bonds. The van der Waals surface area contributed by atoms with Gasteiger partial charge in [-0.1, -0.05) is 0 Å². The topological polar surface area (TPSA) is 32.3 Å². The molecule has 0 aromatic rings. The van der Waals surface area contributed by atoms with Gasteiger partial charge in [0.1, 0.15) is 0 Å². The minimum Gasteiger partial charge on any atom is -0.348 e. The molecule has 0 atom stereocenters. The molecular formula is C11H16F4N2O. The molecule has 0 radical (unpaired) electrons. The molecule has 0 spiro atoms. The molecule has 1 saturated carbocycles. The number of hydrogen-bond donors (Lipinski definition) is 1. The van der Waals surface area contributed by atoms with Gasteiger partial charge in [0.05, 0.1) is 0 Å². The zero-order chi connectivity index (χ0) is 13.3. The summed E-state index contributed by atoms with van der Waals surface area (Å²) in [7, 11) is 0. The third-order valence-electron chi connectivity index (χ3n) is 3.50. The van der Waals surface area contributed by atoms with Gasteiger partial charge in [0, 0.05) is 25.2 Å². The van der Waals surface area contributed by atoms with Crippen molar-refractivity contribution in [1.29, 1.82) is 0 Å². The number of amides is 1. The molecule has 1 aliphatic heterocycles. The van der Waals surface area contributed by atoms with Gasteiger partial charge >= 0.3 is 12.3 Å². The maximum Gasteiger partial charge on any atom is 0.383 e. The number of carbonyl (C=O) groups excluding carboxylic acids is 1. The molecule has 0 unspecified atom stereocenters. The lowest BCUT2D eigenvalue weighted by Gasteiger charge is -2.32. The summed E-state index contributed by atoms with van der Waals surface area (Å²) >= 11 is 0. The van der Waals surface area contributed by atoms with Crippen molar-refractivity contribution in [3.05, 3.63) is 0 Å². The highest BCUT2D eigenvalue weighted by Gasteiger charge is 2.49. The second kappa shape index (κ2) is 5.03. The second-order valence-corrected chi connectivity index (χ2v) is 4.94. The molecule has 2 fully saturated rings. The van der Waals surface area contributed by atoms with Crippen LogP contribution in [0.4, 0.5) is 17.6 Å². The number of rotatable bonds is 4. The van der Waals surface area contributed by atoms with E-state index in [0.717, 1.165) is 13.1 Å². The first-order chi connectivity index (χ1) is 8.41. The molecule has 0 aromatic carbocycles. The largest absolute Gasteiger partial charge is 0.383 e. The Morgan fingerprint density at radius 2 is 1.72 bits per heavy atom. The average molecular weight is 268 g/mol. The van der Waals surface area contributed by atoms with E-state index in [2.05, 4.69) is 4.90 Å². The molecule has 104 valence electrons. The lowest BCUT2D eigenvalue weighted by atomic mass is 10.0. The lowest BCUT2D eigenvalue weighted by Crippen LogP contribution is -2.52. The van der Waals surface area contributed by atoms with Crippen molar-refractivity contribution in [3.63, 3.8) is 0 Å². The predicted octanol–water partition coefficient (Wildman–Crippen LogP) is 1.63. The highest BCUT2D eigenvalue weighted by Crippen LogP contribution is 2.29. The number of carbonyl (C=O) groups is 1. The quantitative estimate of drug-likeness (QED) is 0.786. The van der Waals surface area contributed by atoms with E-state index in [-0.39, 0.29) is 0 Å². The van der Waals surface area contributed by atoms with Crippen LogP contribution in [0.25, 0.3) is 0 Å². The Morgan fingerprint density at radius 3 is 2.17 bits per heavy atom. The molecule has 1 aliphatic carbocycles. The second-order valence-electron chi connectivity index (χ2n) is 4.94. The number of nitrogens with zero attached hydrogens (tertiary/aromatic N) is 1. The van der Waals surface area contributed by atoms with Crippen molar-refractivity contribution in [1.82, 2.24) is 10.2 Å². The van der Waals surface area contributed by atoms with Gasteiger partial charge in [-0.3, -0.25) is 4.79 Å². The smallest absolute Gasteiger partial charge is 0.348 e. The van der Waals surface area contributed by atoms with Crippen molar-refractivity contribution in [3.8, 4) is 0 Å². The Hall–Kier alpha value is -0.850. The van der Waals surface area contributed by atoms with Gasteiger partial charge in [0.2, 0.25) is 0 Å². The van der Waals surface area contributed by atoms with Crippen molar-refractivity contribution in [2.75, 3.05) is 13.1 Å². The standard InChI is InChI=1S/C11H16F4N2O/c12-9(13)11(14,15)10(18)16-7-3-5-17(6-4-7)8-1-2-8/h7-9H,1-6H2,(H,16,18). The summed E-state index contributed by atoms with van der Waals surface area (Å²) in [5.41, 5.74) is 0. The molecule has 2 aliphatic rings. The first kappa shape index (κ1) is 13.6. The van der Waals surface area contributed by atoms with E-state index in [1.165, 1.54) is 12.8 Å². The fourth-order valence-electron chi connectivity index (χ4n) is 2.23. The molecule has 1 N–H and O–H groups in total. The van der Waals surface area contributed by atoms with Crippen molar-refractivity contribution >= 4 is 5.91 Å². The Labute approximate surface area is 103 Å².